The molecule has 0 aliphatic heterocycles. The number of aliphatic carboxylic acids is 1. The number of carboxylic acid groups (broad SMARTS) is 1. The van der Waals surface area contributed by atoms with Gasteiger partial charge in [0.1, 0.15) is 18.1 Å². The number of amides is 4. The van der Waals surface area contributed by atoms with Gasteiger partial charge >= 0.3 is 5.97 Å². The number of carbonyl (C=O) groups excluding carboxylic acids is 4. The van der Waals surface area contributed by atoms with Crippen molar-refractivity contribution in [1.29, 1.82) is 0 Å². The number of rotatable bonds is 14. The van der Waals surface area contributed by atoms with Crippen molar-refractivity contribution < 1.29 is 29.1 Å². The molecule has 8 N–H and O–H groups in total. The number of hydrogen-bond donors (Lipinski definition) is 8. The second-order valence-electron chi connectivity index (χ2n) is 7.13. The van der Waals surface area contributed by atoms with Crippen LogP contribution in [0.1, 0.15) is 33.1 Å². The average molecular weight is 466 g/mol. The SMILES string of the molecule is CC(C)CC(N)C(=O)NC(CS)C(=O)NC(CS)C(=O)NC(CCC(N)=O)C(=O)O. The summed E-state index contributed by atoms with van der Waals surface area (Å²) >= 11 is 8.05. The maximum Gasteiger partial charge on any atom is 0.326 e. The molecule has 0 saturated heterocycles. The van der Waals surface area contributed by atoms with Gasteiger partial charge in [0, 0.05) is 17.9 Å². The molecule has 0 aliphatic carbocycles. The van der Waals surface area contributed by atoms with Gasteiger partial charge in [-0.25, -0.2) is 4.79 Å². The van der Waals surface area contributed by atoms with Gasteiger partial charge in [-0.2, -0.15) is 25.3 Å². The summed E-state index contributed by atoms with van der Waals surface area (Å²) in [6, 6.07) is -4.40. The van der Waals surface area contributed by atoms with E-state index in [4.69, 9.17) is 16.6 Å². The van der Waals surface area contributed by atoms with Crippen LogP contribution in [0.3, 0.4) is 0 Å². The number of carboxylic acids is 1. The molecule has 0 rings (SSSR count). The highest BCUT2D eigenvalue weighted by Gasteiger charge is 2.29. The van der Waals surface area contributed by atoms with Crippen molar-refractivity contribution in [3.05, 3.63) is 0 Å². The summed E-state index contributed by atoms with van der Waals surface area (Å²) in [5.74, 6) is -4.11. The lowest BCUT2D eigenvalue weighted by Crippen LogP contribution is -2.58. The van der Waals surface area contributed by atoms with Gasteiger partial charge < -0.3 is 32.5 Å². The smallest absolute Gasteiger partial charge is 0.326 e. The Balaban J connectivity index is 4.98. The molecule has 0 aromatic rings. The maximum absolute atomic E-state index is 12.5. The number of carbonyl (C=O) groups is 5. The monoisotopic (exact) mass is 465 g/mol. The zero-order valence-corrected chi connectivity index (χ0v) is 18.7. The quantitative estimate of drug-likeness (QED) is 0.136. The van der Waals surface area contributed by atoms with Crippen LogP contribution in [0.4, 0.5) is 0 Å². The molecule has 11 nitrogen and oxygen atoms in total. The lowest BCUT2D eigenvalue weighted by atomic mass is 10.0. The van der Waals surface area contributed by atoms with E-state index in [-0.39, 0.29) is 30.3 Å². The largest absolute Gasteiger partial charge is 0.480 e. The van der Waals surface area contributed by atoms with E-state index in [1.165, 1.54) is 0 Å². The minimum absolute atomic E-state index is 0.0523. The first kappa shape index (κ1) is 28.0. The van der Waals surface area contributed by atoms with Crippen LogP contribution in [0.15, 0.2) is 0 Å². The average Bonchev–Trinajstić information content (AvgIpc) is 2.65. The maximum atomic E-state index is 12.5. The predicted molar refractivity (Wildman–Crippen MR) is 117 cm³/mol. The molecule has 0 aliphatic rings. The molecule has 0 spiro atoms. The highest BCUT2D eigenvalue weighted by molar-refractivity contribution is 7.80. The first-order valence-electron chi connectivity index (χ1n) is 9.32. The number of nitrogens with one attached hydrogen (secondary N) is 3. The molecule has 0 bridgehead atoms. The minimum atomic E-state index is -1.36. The molecule has 0 saturated carbocycles. The summed E-state index contributed by atoms with van der Waals surface area (Å²) in [6.45, 7) is 3.80. The van der Waals surface area contributed by atoms with Crippen LogP contribution in [0.5, 0.6) is 0 Å². The molecule has 4 atom stereocenters. The highest BCUT2D eigenvalue weighted by atomic mass is 32.1. The van der Waals surface area contributed by atoms with E-state index in [1.807, 2.05) is 13.8 Å². The molecule has 0 fully saturated rings. The highest BCUT2D eigenvalue weighted by Crippen LogP contribution is 2.04. The van der Waals surface area contributed by atoms with Crippen LogP contribution in [-0.2, 0) is 24.0 Å². The zero-order chi connectivity index (χ0) is 23.4. The van der Waals surface area contributed by atoms with E-state index < -0.39 is 53.8 Å². The molecule has 30 heavy (non-hydrogen) atoms. The fourth-order valence-corrected chi connectivity index (χ4v) is 2.88. The van der Waals surface area contributed by atoms with E-state index in [2.05, 4.69) is 41.2 Å². The summed E-state index contributed by atoms with van der Waals surface area (Å²) in [5.41, 5.74) is 10.8. The lowest BCUT2D eigenvalue weighted by molar-refractivity contribution is -0.142. The summed E-state index contributed by atoms with van der Waals surface area (Å²) in [6.07, 6.45) is -0.0114. The molecule has 13 heteroatoms. The van der Waals surface area contributed by atoms with Crippen LogP contribution >= 0.6 is 25.3 Å². The van der Waals surface area contributed by atoms with Gasteiger partial charge in [-0.1, -0.05) is 13.8 Å². The number of thiol groups is 2. The van der Waals surface area contributed by atoms with Gasteiger partial charge in [0.2, 0.25) is 23.6 Å². The van der Waals surface area contributed by atoms with E-state index in [0.717, 1.165) is 0 Å². The second kappa shape index (κ2) is 14.1. The third kappa shape index (κ3) is 10.7. The van der Waals surface area contributed by atoms with E-state index >= 15 is 0 Å². The molecule has 4 unspecified atom stereocenters. The van der Waals surface area contributed by atoms with Gasteiger partial charge in [0.15, 0.2) is 0 Å². The summed E-state index contributed by atoms with van der Waals surface area (Å²) in [5, 5.41) is 16.3. The molecule has 4 amide bonds. The topological polar surface area (TPSA) is 194 Å². The molecular formula is C17H31N5O6S2. The van der Waals surface area contributed by atoms with Crippen molar-refractivity contribution in [2.24, 2.45) is 17.4 Å². The molecule has 0 heterocycles. The summed E-state index contributed by atoms with van der Waals surface area (Å²) < 4.78 is 0. The molecule has 0 aromatic heterocycles. The Morgan fingerprint density at radius 1 is 0.867 bits per heavy atom. The number of nitrogens with two attached hydrogens (primary N) is 2. The Hall–Kier alpha value is -1.99. The van der Waals surface area contributed by atoms with Gasteiger partial charge in [-0.05, 0) is 18.8 Å². The number of hydrogen-bond acceptors (Lipinski definition) is 8. The van der Waals surface area contributed by atoms with Crippen LogP contribution in [0, 0.1) is 5.92 Å². The van der Waals surface area contributed by atoms with Crippen molar-refractivity contribution in [2.45, 2.75) is 57.3 Å². The molecule has 0 radical (unpaired) electrons. The molecule has 172 valence electrons. The van der Waals surface area contributed by atoms with Gasteiger partial charge in [-0.3, -0.25) is 19.2 Å². The van der Waals surface area contributed by atoms with E-state index in [9.17, 15) is 24.0 Å². The second-order valence-corrected chi connectivity index (χ2v) is 7.86. The Morgan fingerprint density at radius 3 is 1.67 bits per heavy atom. The Kier molecular flexibility index (Phi) is 13.2. The lowest BCUT2D eigenvalue weighted by Gasteiger charge is -2.24. The van der Waals surface area contributed by atoms with Crippen molar-refractivity contribution in [1.82, 2.24) is 16.0 Å². The summed E-state index contributed by atoms with van der Waals surface area (Å²) in [7, 11) is 0. The van der Waals surface area contributed by atoms with Crippen LogP contribution in [-0.4, -0.2) is 70.4 Å². The third-order valence-corrected chi connectivity index (χ3v) is 4.72. The minimum Gasteiger partial charge on any atom is -0.480 e. The third-order valence-electron chi connectivity index (χ3n) is 3.99. The van der Waals surface area contributed by atoms with E-state index in [1.54, 1.807) is 0 Å². The first-order chi connectivity index (χ1) is 13.9. The van der Waals surface area contributed by atoms with Crippen LogP contribution in [0.25, 0.3) is 0 Å². The van der Waals surface area contributed by atoms with Crippen molar-refractivity contribution in [2.75, 3.05) is 11.5 Å². The van der Waals surface area contributed by atoms with Crippen molar-refractivity contribution in [3.63, 3.8) is 0 Å². The molecular weight excluding hydrogens is 434 g/mol. The summed E-state index contributed by atoms with van der Waals surface area (Å²) in [4.78, 5) is 59.0. The van der Waals surface area contributed by atoms with Crippen LogP contribution in [0.2, 0.25) is 0 Å². The van der Waals surface area contributed by atoms with Gasteiger partial charge in [0.05, 0.1) is 6.04 Å². The van der Waals surface area contributed by atoms with E-state index in [0.29, 0.717) is 6.42 Å². The Labute approximate surface area is 186 Å². The van der Waals surface area contributed by atoms with Gasteiger partial charge in [0.25, 0.3) is 0 Å². The normalized spacial score (nSPS) is 14.9. The standard InChI is InChI=1S/C17H31N5O6S2/c1-8(2)5-9(18)14(24)21-11(6-29)16(26)22-12(7-30)15(25)20-10(17(27)28)3-4-13(19)23/h8-12,29-30H,3-7,18H2,1-2H3,(H2,19,23)(H,20,25)(H,21,24)(H,22,26)(H,27,28). The Bertz CT molecular complexity index is 634. The Morgan fingerprint density at radius 2 is 1.30 bits per heavy atom. The van der Waals surface area contributed by atoms with Crippen LogP contribution < -0.4 is 27.4 Å². The fourth-order valence-electron chi connectivity index (χ4n) is 2.37. The van der Waals surface area contributed by atoms with Crippen molar-refractivity contribution >= 4 is 54.9 Å². The molecule has 0 aromatic carbocycles. The first-order valence-corrected chi connectivity index (χ1v) is 10.6. The zero-order valence-electron chi connectivity index (χ0n) is 17.0. The fraction of sp³-hybridized carbons (Fsp3) is 0.706. The predicted octanol–water partition coefficient (Wildman–Crippen LogP) is -1.98. The number of primary amides is 1. The van der Waals surface area contributed by atoms with Gasteiger partial charge in [-0.15, -0.1) is 0 Å². The van der Waals surface area contributed by atoms with Crippen molar-refractivity contribution in [3.8, 4) is 0 Å².